The molecule has 0 amide bonds. The van der Waals surface area contributed by atoms with E-state index in [1.807, 2.05) is 0 Å². The van der Waals surface area contributed by atoms with Crippen molar-refractivity contribution in [3.63, 3.8) is 0 Å². The summed E-state index contributed by atoms with van der Waals surface area (Å²) in [5, 5.41) is 10.1. The van der Waals surface area contributed by atoms with Gasteiger partial charge in [0, 0.05) is 0 Å². The third kappa shape index (κ3) is 3.44. The summed E-state index contributed by atoms with van der Waals surface area (Å²) in [7, 11) is 0. The van der Waals surface area contributed by atoms with Crippen LogP contribution in [0.3, 0.4) is 0 Å². The van der Waals surface area contributed by atoms with Crippen molar-refractivity contribution < 1.29 is 65.7 Å². The van der Waals surface area contributed by atoms with E-state index in [1.54, 1.807) is 0 Å². The van der Waals surface area contributed by atoms with E-state index in [0.29, 0.717) is 0 Å². The molecule has 0 atom stereocenters. The average molecular weight is 178 g/mol. The fourth-order valence-corrected chi connectivity index (χ4v) is 0.586. The van der Waals surface area contributed by atoms with E-state index in [2.05, 4.69) is 0 Å². The molecule has 0 spiro atoms. The number of halogens is 1. The van der Waals surface area contributed by atoms with Gasteiger partial charge in [0.15, 0.2) is 0 Å². The summed E-state index contributed by atoms with van der Waals surface area (Å²) in [6.45, 7) is 0. The number of aromatic carboxylic acids is 1. The van der Waals surface area contributed by atoms with Crippen molar-refractivity contribution in [3.8, 4) is 0 Å². The molecule has 0 saturated heterocycles. The second-order valence-corrected chi connectivity index (χ2v) is 1.79. The molecule has 0 N–H and O–H groups in total. The molecule has 0 aromatic heterocycles. The van der Waals surface area contributed by atoms with Gasteiger partial charge in [-0.3, -0.25) is 0 Å². The van der Waals surface area contributed by atoms with Crippen LogP contribution >= 0.6 is 0 Å². The number of benzene rings is 1. The van der Waals surface area contributed by atoms with E-state index in [9.17, 15) is 14.3 Å². The standard InChI is InChI=1S/C7H5FO2.K/c8-6-3-1-5(2-4-6)7(9)10;/h1-4H,(H,9,10);/q;+1/p-1. The van der Waals surface area contributed by atoms with Crippen molar-refractivity contribution in [1.82, 2.24) is 0 Å². The van der Waals surface area contributed by atoms with Crippen LogP contribution in [0.15, 0.2) is 24.3 Å². The van der Waals surface area contributed by atoms with Crippen molar-refractivity contribution >= 4 is 5.97 Å². The SMILES string of the molecule is O=C([O-])c1ccc(F)cc1.[K+]. The van der Waals surface area contributed by atoms with Gasteiger partial charge < -0.3 is 9.90 Å². The molecule has 1 aromatic rings. The van der Waals surface area contributed by atoms with E-state index >= 15 is 0 Å². The molecule has 0 radical (unpaired) electrons. The molecule has 4 heteroatoms. The second kappa shape index (κ2) is 5.00. The second-order valence-electron chi connectivity index (χ2n) is 1.79. The number of carboxylic acid groups (broad SMARTS) is 1. The van der Waals surface area contributed by atoms with Crippen molar-refractivity contribution in [1.29, 1.82) is 0 Å². The van der Waals surface area contributed by atoms with Crippen LogP contribution in [0.5, 0.6) is 0 Å². The zero-order valence-corrected chi connectivity index (χ0v) is 9.13. The number of carbonyl (C=O) groups excluding carboxylic acids is 1. The topological polar surface area (TPSA) is 40.1 Å². The summed E-state index contributed by atoms with van der Waals surface area (Å²) < 4.78 is 12.1. The molecule has 1 rings (SSSR count). The van der Waals surface area contributed by atoms with Gasteiger partial charge in [-0.25, -0.2) is 4.39 Å². The minimum atomic E-state index is -1.29. The Morgan fingerprint density at radius 3 is 2.09 bits per heavy atom. The van der Waals surface area contributed by atoms with E-state index in [4.69, 9.17) is 0 Å². The number of carbonyl (C=O) groups is 1. The summed E-state index contributed by atoms with van der Waals surface area (Å²) in [4.78, 5) is 10.1. The van der Waals surface area contributed by atoms with Gasteiger partial charge in [-0.15, -0.1) is 0 Å². The zero-order chi connectivity index (χ0) is 7.56. The molecule has 0 saturated carbocycles. The van der Waals surface area contributed by atoms with Crippen molar-refractivity contribution in [2.24, 2.45) is 0 Å². The molecule has 11 heavy (non-hydrogen) atoms. The quantitative estimate of drug-likeness (QED) is 0.436. The molecule has 0 bridgehead atoms. The predicted octanol–water partition coefficient (Wildman–Crippen LogP) is -2.81. The number of hydrogen-bond acceptors (Lipinski definition) is 2. The Morgan fingerprint density at radius 1 is 1.27 bits per heavy atom. The van der Waals surface area contributed by atoms with Crippen molar-refractivity contribution in [3.05, 3.63) is 35.6 Å². The first-order valence-corrected chi connectivity index (χ1v) is 2.67. The molecular formula is C7H4FKO2. The van der Waals surface area contributed by atoms with Gasteiger partial charge in [0.2, 0.25) is 0 Å². The summed E-state index contributed by atoms with van der Waals surface area (Å²) in [6, 6.07) is 4.46. The van der Waals surface area contributed by atoms with Gasteiger partial charge in [0.25, 0.3) is 0 Å². The zero-order valence-electron chi connectivity index (χ0n) is 6.00. The molecule has 52 valence electrons. The van der Waals surface area contributed by atoms with Crippen molar-refractivity contribution in [2.75, 3.05) is 0 Å². The van der Waals surface area contributed by atoms with Crippen LogP contribution in [0.1, 0.15) is 10.4 Å². The molecule has 0 aliphatic heterocycles. The first-order valence-electron chi connectivity index (χ1n) is 2.67. The van der Waals surface area contributed by atoms with E-state index in [1.165, 1.54) is 0 Å². The minimum Gasteiger partial charge on any atom is -0.545 e. The third-order valence-electron chi connectivity index (χ3n) is 1.08. The fraction of sp³-hybridized carbons (Fsp3) is 0. The minimum absolute atomic E-state index is 0. The maximum atomic E-state index is 12.1. The molecule has 0 unspecified atom stereocenters. The van der Waals surface area contributed by atoms with Gasteiger partial charge in [-0.05, 0) is 17.7 Å². The van der Waals surface area contributed by atoms with Gasteiger partial charge >= 0.3 is 51.4 Å². The Balaban J connectivity index is 0.000001000. The number of hydrogen-bond donors (Lipinski definition) is 0. The monoisotopic (exact) mass is 178 g/mol. The fourth-order valence-electron chi connectivity index (χ4n) is 0.586. The van der Waals surface area contributed by atoms with Crippen LogP contribution in [0.4, 0.5) is 4.39 Å². The Bertz CT molecular complexity index is 245. The molecule has 1 aromatic carbocycles. The summed E-state index contributed by atoms with van der Waals surface area (Å²) in [5.74, 6) is -1.75. The van der Waals surface area contributed by atoms with E-state index in [-0.39, 0.29) is 56.9 Å². The summed E-state index contributed by atoms with van der Waals surface area (Å²) in [5.41, 5.74) is -0.0126. The van der Waals surface area contributed by atoms with Crippen LogP contribution in [-0.4, -0.2) is 5.97 Å². The van der Waals surface area contributed by atoms with Gasteiger partial charge in [-0.2, -0.15) is 0 Å². The predicted molar refractivity (Wildman–Crippen MR) is 30.7 cm³/mol. The largest absolute Gasteiger partial charge is 1.00 e. The molecule has 0 aliphatic rings. The first-order chi connectivity index (χ1) is 4.70. The Labute approximate surface area is 106 Å². The maximum absolute atomic E-state index is 12.1. The van der Waals surface area contributed by atoms with Crippen LogP contribution < -0.4 is 56.5 Å². The molecule has 0 fully saturated rings. The van der Waals surface area contributed by atoms with E-state index in [0.717, 1.165) is 24.3 Å². The summed E-state index contributed by atoms with van der Waals surface area (Å²) >= 11 is 0. The van der Waals surface area contributed by atoms with Crippen molar-refractivity contribution in [2.45, 2.75) is 0 Å². The third-order valence-corrected chi connectivity index (χ3v) is 1.08. The maximum Gasteiger partial charge on any atom is 1.00 e. The molecule has 2 nitrogen and oxygen atoms in total. The Hall–Kier alpha value is 0.256. The summed E-state index contributed by atoms with van der Waals surface area (Å²) in [6.07, 6.45) is 0. The smallest absolute Gasteiger partial charge is 0.545 e. The van der Waals surface area contributed by atoms with Gasteiger partial charge in [-0.1, -0.05) is 12.1 Å². The van der Waals surface area contributed by atoms with Crippen LogP contribution in [0, 0.1) is 5.82 Å². The normalized spacial score (nSPS) is 8.45. The Morgan fingerprint density at radius 2 is 1.73 bits per heavy atom. The van der Waals surface area contributed by atoms with Gasteiger partial charge in [0.1, 0.15) is 5.82 Å². The first kappa shape index (κ1) is 11.3. The van der Waals surface area contributed by atoms with E-state index < -0.39 is 11.8 Å². The Kier molecular flexibility index (Phi) is 5.12. The van der Waals surface area contributed by atoms with Crippen LogP contribution in [0.2, 0.25) is 0 Å². The number of carboxylic acids is 1. The number of rotatable bonds is 1. The van der Waals surface area contributed by atoms with Crippen LogP contribution in [0.25, 0.3) is 0 Å². The van der Waals surface area contributed by atoms with Crippen LogP contribution in [-0.2, 0) is 0 Å². The molecule has 0 heterocycles. The molecule has 0 aliphatic carbocycles. The average Bonchev–Trinajstić information content (AvgIpc) is 1.88. The van der Waals surface area contributed by atoms with Gasteiger partial charge in [0.05, 0.1) is 5.97 Å². The molecular weight excluding hydrogens is 174 g/mol.